The maximum absolute atomic E-state index is 11.0. The van der Waals surface area contributed by atoms with Crippen LogP contribution in [0.25, 0.3) is 0 Å². The largest absolute Gasteiger partial charge is 0.481 e. The van der Waals surface area contributed by atoms with Crippen molar-refractivity contribution < 1.29 is 9.90 Å². The van der Waals surface area contributed by atoms with E-state index in [-0.39, 0.29) is 0 Å². The number of hydrogen-bond acceptors (Lipinski definition) is 2. The van der Waals surface area contributed by atoms with Gasteiger partial charge < -0.3 is 5.11 Å². The zero-order chi connectivity index (χ0) is 11.3. The van der Waals surface area contributed by atoms with E-state index >= 15 is 0 Å². The topological polar surface area (TPSA) is 37.3 Å². The first-order valence-electron chi connectivity index (χ1n) is 4.85. The monoisotopic (exact) mass is 222 g/mol. The number of carboxylic acids is 1. The molecule has 0 radical (unpaired) electrons. The highest BCUT2D eigenvalue weighted by molar-refractivity contribution is 7.80. The van der Waals surface area contributed by atoms with Gasteiger partial charge in [-0.2, -0.15) is 0 Å². The molecule has 0 aliphatic rings. The smallest absolute Gasteiger partial charge is 0.307 e. The van der Waals surface area contributed by atoms with Crippen LogP contribution >= 0.6 is 12.2 Å². The van der Waals surface area contributed by atoms with E-state index in [1.807, 2.05) is 30.3 Å². The summed E-state index contributed by atoms with van der Waals surface area (Å²) < 4.78 is 0. The second-order valence-corrected chi connectivity index (χ2v) is 4.33. The second-order valence-electron chi connectivity index (χ2n) is 3.63. The van der Waals surface area contributed by atoms with Gasteiger partial charge in [0.1, 0.15) is 0 Å². The molecule has 1 rings (SSSR count). The molecule has 0 fully saturated rings. The Balaban J connectivity index is 2.67. The van der Waals surface area contributed by atoms with Gasteiger partial charge in [-0.25, -0.2) is 0 Å². The molecule has 3 heteroatoms. The lowest BCUT2D eigenvalue weighted by atomic mass is 9.95. The normalized spacial score (nSPS) is 12.1. The van der Waals surface area contributed by atoms with Crippen LogP contribution in [-0.2, 0) is 11.2 Å². The summed E-state index contributed by atoms with van der Waals surface area (Å²) in [6.45, 7) is 1.79. The summed E-state index contributed by atoms with van der Waals surface area (Å²) in [5.41, 5.74) is 1.04. The highest BCUT2D eigenvalue weighted by atomic mass is 32.1. The van der Waals surface area contributed by atoms with Crippen molar-refractivity contribution in [3.05, 3.63) is 35.9 Å². The number of rotatable bonds is 5. The van der Waals surface area contributed by atoms with E-state index in [9.17, 15) is 4.79 Å². The Morgan fingerprint density at radius 3 is 2.47 bits per heavy atom. The fourth-order valence-electron chi connectivity index (χ4n) is 1.49. The molecular formula is C12H14O2S. The summed E-state index contributed by atoms with van der Waals surface area (Å²) in [7, 11) is 0. The number of carboxylic acid groups (broad SMARTS) is 1. The molecule has 0 unspecified atom stereocenters. The van der Waals surface area contributed by atoms with Gasteiger partial charge in [0.25, 0.3) is 0 Å². The van der Waals surface area contributed by atoms with Crippen molar-refractivity contribution in [1.29, 1.82) is 0 Å². The molecule has 0 saturated carbocycles. The molecular weight excluding hydrogens is 208 g/mol. The molecule has 0 bridgehead atoms. The van der Waals surface area contributed by atoms with Crippen LogP contribution in [0, 0.1) is 5.92 Å². The van der Waals surface area contributed by atoms with Gasteiger partial charge in [-0.05, 0) is 30.2 Å². The average Bonchev–Trinajstić information content (AvgIpc) is 2.17. The fourth-order valence-corrected chi connectivity index (χ4v) is 1.69. The first-order valence-corrected chi connectivity index (χ1v) is 5.26. The van der Waals surface area contributed by atoms with E-state index in [0.29, 0.717) is 12.8 Å². The van der Waals surface area contributed by atoms with Crippen molar-refractivity contribution in [3.8, 4) is 0 Å². The number of benzene rings is 1. The van der Waals surface area contributed by atoms with Gasteiger partial charge in [-0.15, -0.1) is 0 Å². The highest BCUT2D eigenvalue weighted by Crippen LogP contribution is 2.13. The summed E-state index contributed by atoms with van der Waals surface area (Å²) in [6.07, 6.45) is 1.02. The van der Waals surface area contributed by atoms with Gasteiger partial charge in [0.2, 0.25) is 0 Å². The predicted molar refractivity (Wildman–Crippen MR) is 64.2 cm³/mol. The van der Waals surface area contributed by atoms with E-state index in [1.54, 1.807) is 6.92 Å². The lowest BCUT2D eigenvalue weighted by Crippen LogP contribution is -2.18. The van der Waals surface area contributed by atoms with Gasteiger partial charge in [0.15, 0.2) is 0 Å². The second kappa shape index (κ2) is 5.61. The summed E-state index contributed by atoms with van der Waals surface area (Å²) >= 11 is 4.94. The molecule has 1 aromatic carbocycles. The fraction of sp³-hybridized carbons (Fsp3) is 0.333. The molecule has 0 aromatic heterocycles. The van der Waals surface area contributed by atoms with Crippen molar-refractivity contribution in [1.82, 2.24) is 0 Å². The van der Waals surface area contributed by atoms with E-state index in [0.717, 1.165) is 10.4 Å². The molecule has 0 amide bonds. The minimum Gasteiger partial charge on any atom is -0.481 e. The zero-order valence-electron chi connectivity index (χ0n) is 8.64. The van der Waals surface area contributed by atoms with Crippen LogP contribution in [-0.4, -0.2) is 15.9 Å². The standard InChI is InChI=1S/C12H14O2S/c1-9(15)7-11(12(13)14)8-10-5-3-2-4-6-10/h2-6,11H,7-8H2,1H3,(H,13,14)/t11-/m1/s1. The van der Waals surface area contributed by atoms with Crippen LogP contribution in [0.3, 0.4) is 0 Å². The summed E-state index contributed by atoms with van der Waals surface area (Å²) in [5, 5.41) is 9.02. The SMILES string of the molecule is CC(=S)C[C@H](Cc1ccccc1)C(=O)O. The van der Waals surface area contributed by atoms with Crippen molar-refractivity contribution in [2.24, 2.45) is 5.92 Å². The lowest BCUT2D eigenvalue weighted by Gasteiger charge is -2.11. The van der Waals surface area contributed by atoms with Crippen molar-refractivity contribution >= 4 is 23.1 Å². The van der Waals surface area contributed by atoms with E-state index in [4.69, 9.17) is 17.3 Å². The molecule has 1 N–H and O–H groups in total. The lowest BCUT2D eigenvalue weighted by molar-refractivity contribution is -0.141. The minimum atomic E-state index is -0.775. The molecule has 1 aromatic rings. The van der Waals surface area contributed by atoms with Crippen LogP contribution in [0.15, 0.2) is 30.3 Å². The van der Waals surface area contributed by atoms with Gasteiger partial charge in [-0.1, -0.05) is 42.5 Å². The third-order valence-corrected chi connectivity index (χ3v) is 2.37. The Kier molecular flexibility index (Phi) is 4.43. The number of carbonyl (C=O) groups is 1. The van der Waals surface area contributed by atoms with Crippen molar-refractivity contribution in [3.63, 3.8) is 0 Å². The maximum Gasteiger partial charge on any atom is 0.307 e. The Morgan fingerprint density at radius 1 is 1.40 bits per heavy atom. The van der Waals surface area contributed by atoms with Gasteiger partial charge >= 0.3 is 5.97 Å². The third-order valence-electron chi connectivity index (χ3n) is 2.21. The van der Waals surface area contributed by atoms with Crippen LogP contribution in [0.4, 0.5) is 0 Å². The number of thiocarbonyl (C=S) groups is 1. The quantitative estimate of drug-likeness (QED) is 0.778. The van der Waals surface area contributed by atoms with Gasteiger partial charge in [0.05, 0.1) is 5.92 Å². The molecule has 1 atom stereocenters. The summed E-state index contributed by atoms with van der Waals surface area (Å²) in [5.74, 6) is -1.17. The van der Waals surface area contributed by atoms with Crippen LogP contribution in [0.5, 0.6) is 0 Å². The Labute approximate surface area is 94.9 Å². The first-order chi connectivity index (χ1) is 7.09. The Bertz CT molecular complexity index is 346. The van der Waals surface area contributed by atoms with E-state index in [2.05, 4.69) is 0 Å². The van der Waals surface area contributed by atoms with E-state index in [1.165, 1.54) is 0 Å². The molecule has 0 aliphatic carbocycles. The van der Waals surface area contributed by atoms with Crippen molar-refractivity contribution in [2.45, 2.75) is 19.8 Å². The van der Waals surface area contributed by atoms with E-state index < -0.39 is 11.9 Å². The highest BCUT2D eigenvalue weighted by Gasteiger charge is 2.18. The minimum absolute atomic E-state index is 0.398. The molecule has 15 heavy (non-hydrogen) atoms. The molecule has 0 spiro atoms. The van der Waals surface area contributed by atoms with Crippen LogP contribution in [0.1, 0.15) is 18.9 Å². The molecule has 0 heterocycles. The van der Waals surface area contributed by atoms with Gasteiger partial charge in [0, 0.05) is 0 Å². The third kappa shape index (κ3) is 4.21. The molecule has 0 saturated heterocycles. The number of hydrogen-bond donors (Lipinski definition) is 1. The Hall–Kier alpha value is -1.22. The van der Waals surface area contributed by atoms with Crippen molar-refractivity contribution in [2.75, 3.05) is 0 Å². The first kappa shape index (κ1) is 11.9. The zero-order valence-corrected chi connectivity index (χ0v) is 9.46. The summed E-state index contributed by atoms with van der Waals surface area (Å²) in [4.78, 5) is 11.7. The van der Waals surface area contributed by atoms with Gasteiger partial charge in [-0.3, -0.25) is 4.79 Å². The average molecular weight is 222 g/mol. The summed E-state index contributed by atoms with van der Waals surface area (Å²) in [6, 6.07) is 9.63. The van der Waals surface area contributed by atoms with Crippen LogP contribution < -0.4 is 0 Å². The molecule has 0 aliphatic heterocycles. The maximum atomic E-state index is 11.0. The predicted octanol–water partition coefficient (Wildman–Crippen LogP) is 2.71. The van der Waals surface area contributed by atoms with Crippen LogP contribution in [0.2, 0.25) is 0 Å². The number of aliphatic carboxylic acids is 1. The molecule has 2 nitrogen and oxygen atoms in total. The Morgan fingerprint density at radius 2 is 2.00 bits per heavy atom. The molecule has 80 valence electrons.